The molecular weight excluding hydrogens is 190 g/mol. The first kappa shape index (κ1) is 8.25. The van der Waals surface area contributed by atoms with Crippen molar-refractivity contribution >= 4 is 22.9 Å². The average molecular weight is 198 g/mol. The summed E-state index contributed by atoms with van der Waals surface area (Å²) in [5.74, 6) is 1.17. The first-order valence-electron chi connectivity index (χ1n) is 3.87. The third kappa shape index (κ3) is 1.12. The topological polar surface area (TPSA) is 69.1 Å². The molecule has 0 radical (unpaired) electrons. The van der Waals surface area contributed by atoms with Crippen LogP contribution in [0, 0.1) is 0 Å². The summed E-state index contributed by atoms with van der Waals surface area (Å²) in [5, 5.41) is 4.35. The molecule has 0 aliphatic rings. The number of halogens is 1. The second-order valence-electron chi connectivity index (χ2n) is 2.58. The molecule has 6 heteroatoms. The van der Waals surface area contributed by atoms with E-state index in [1.165, 1.54) is 6.33 Å². The van der Waals surface area contributed by atoms with Crippen LogP contribution < -0.4 is 5.73 Å². The molecule has 0 aliphatic heterocycles. The Morgan fingerprint density at radius 2 is 2.38 bits per heavy atom. The molecule has 0 atom stereocenters. The average Bonchev–Trinajstić information content (AvgIpc) is 2.44. The van der Waals surface area contributed by atoms with E-state index in [9.17, 15) is 0 Å². The molecule has 2 N–H and O–H groups in total. The van der Waals surface area contributed by atoms with Crippen molar-refractivity contribution in [1.82, 2.24) is 19.6 Å². The van der Waals surface area contributed by atoms with E-state index in [-0.39, 0.29) is 0 Å². The van der Waals surface area contributed by atoms with Crippen LogP contribution in [0.15, 0.2) is 6.33 Å². The third-order valence-corrected chi connectivity index (χ3v) is 2.07. The van der Waals surface area contributed by atoms with Gasteiger partial charge in [-0.2, -0.15) is 5.10 Å². The lowest BCUT2D eigenvalue weighted by Crippen LogP contribution is -1.98. The van der Waals surface area contributed by atoms with Crippen LogP contribution in [0.4, 0.5) is 5.82 Å². The molecule has 0 aliphatic carbocycles. The van der Waals surface area contributed by atoms with E-state index < -0.39 is 0 Å². The first-order chi connectivity index (χ1) is 6.24. The van der Waals surface area contributed by atoms with E-state index in [0.29, 0.717) is 16.5 Å². The highest BCUT2D eigenvalue weighted by atomic mass is 35.5. The van der Waals surface area contributed by atoms with E-state index in [4.69, 9.17) is 17.3 Å². The van der Waals surface area contributed by atoms with Crippen LogP contribution in [0.25, 0.3) is 5.52 Å². The number of anilines is 1. The largest absolute Gasteiger partial charge is 0.382 e. The second kappa shape index (κ2) is 2.85. The molecule has 2 aromatic heterocycles. The van der Waals surface area contributed by atoms with Gasteiger partial charge in [-0.1, -0.05) is 18.5 Å². The van der Waals surface area contributed by atoms with Crippen molar-refractivity contribution in [1.29, 1.82) is 0 Å². The lowest BCUT2D eigenvalue weighted by molar-refractivity contribution is 0.811. The maximum absolute atomic E-state index is 5.84. The highest BCUT2D eigenvalue weighted by Crippen LogP contribution is 2.20. The SMILES string of the molecule is CCc1nc(N)c2c(Cl)ncnn12. The normalized spacial score (nSPS) is 10.9. The first-order valence-corrected chi connectivity index (χ1v) is 4.25. The number of rotatable bonds is 1. The molecule has 2 aromatic rings. The Labute approximate surface area is 79.6 Å². The van der Waals surface area contributed by atoms with Crippen LogP contribution in [0.3, 0.4) is 0 Å². The van der Waals surface area contributed by atoms with Gasteiger partial charge in [0.2, 0.25) is 0 Å². The van der Waals surface area contributed by atoms with E-state index in [1.807, 2.05) is 6.92 Å². The van der Waals surface area contributed by atoms with Crippen LogP contribution >= 0.6 is 11.6 Å². The molecule has 0 fully saturated rings. The number of hydrogen-bond donors (Lipinski definition) is 1. The van der Waals surface area contributed by atoms with Crippen LogP contribution in [-0.2, 0) is 6.42 Å². The summed E-state index contributed by atoms with van der Waals surface area (Å²) in [6.07, 6.45) is 2.14. The Balaban J connectivity index is 2.87. The molecule has 2 rings (SSSR count). The number of aromatic nitrogens is 4. The summed E-state index contributed by atoms with van der Waals surface area (Å²) in [4.78, 5) is 7.95. The fourth-order valence-corrected chi connectivity index (χ4v) is 1.43. The zero-order valence-corrected chi connectivity index (χ0v) is 7.78. The molecule has 13 heavy (non-hydrogen) atoms. The van der Waals surface area contributed by atoms with Gasteiger partial charge in [0.1, 0.15) is 17.7 Å². The molecule has 0 saturated carbocycles. The van der Waals surface area contributed by atoms with Crippen LogP contribution in [0.2, 0.25) is 5.15 Å². The second-order valence-corrected chi connectivity index (χ2v) is 2.94. The van der Waals surface area contributed by atoms with Crippen molar-refractivity contribution in [3.8, 4) is 0 Å². The fraction of sp³-hybridized carbons (Fsp3) is 0.286. The van der Waals surface area contributed by atoms with Crippen molar-refractivity contribution in [3.05, 3.63) is 17.3 Å². The molecule has 2 heterocycles. The standard InChI is InChI=1S/C7H8ClN5/c1-2-4-12-7(9)5-6(8)10-3-11-13(4)5/h3H,2,9H2,1H3. The van der Waals surface area contributed by atoms with Crippen molar-refractivity contribution in [2.75, 3.05) is 5.73 Å². The van der Waals surface area contributed by atoms with Gasteiger partial charge in [-0.25, -0.2) is 14.5 Å². The van der Waals surface area contributed by atoms with Gasteiger partial charge in [-0.3, -0.25) is 0 Å². The monoisotopic (exact) mass is 197 g/mol. The molecule has 5 nitrogen and oxygen atoms in total. The molecule has 0 aromatic carbocycles. The van der Waals surface area contributed by atoms with Gasteiger partial charge < -0.3 is 5.73 Å². The molecule has 0 unspecified atom stereocenters. The van der Waals surface area contributed by atoms with Gasteiger partial charge in [0.25, 0.3) is 0 Å². The highest BCUT2D eigenvalue weighted by molar-refractivity contribution is 6.33. The van der Waals surface area contributed by atoms with Gasteiger partial charge in [0.05, 0.1) is 0 Å². The van der Waals surface area contributed by atoms with Crippen molar-refractivity contribution in [3.63, 3.8) is 0 Å². The van der Waals surface area contributed by atoms with Crippen LogP contribution in [-0.4, -0.2) is 19.6 Å². The van der Waals surface area contributed by atoms with Gasteiger partial charge in [0.15, 0.2) is 11.0 Å². The van der Waals surface area contributed by atoms with Gasteiger partial charge in [-0.05, 0) is 0 Å². The lowest BCUT2D eigenvalue weighted by Gasteiger charge is -1.95. The summed E-state index contributed by atoms with van der Waals surface area (Å²) < 4.78 is 1.62. The third-order valence-electron chi connectivity index (χ3n) is 1.80. The molecular formula is C7H8ClN5. The Morgan fingerprint density at radius 1 is 1.62 bits per heavy atom. The quantitative estimate of drug-likeness (QED) is 0.738. The number of fused-ring (bicyclic) bond motifs is 1. The van der Waals surface area contributed by atoms with E-state index in [0.717, 1.165) is 12.2 Å². The number of nitrogen functional groups attached to an aromatic ring is 1. The minimum absolute atomic E-state index is 0.333. The lowest BCUT2D eigenvalue weighted by atomic mass is 10.5. The number of hydrogen-bond acceptors (Lipinski definition) is 4. The smallest absolute Gasteiger partial charge is 0.160 e. The summed E-state index contributed by atoms with van der Waals surface area (Å²) in [6.45, 7) is 1.98. The highest BCUT2D eigenvalue weighted by Gasteiger charge is 2.11. The molecule has 0 spiro atoms. The van der Waals surface area contributed by atoms with E-state index in [1.54, 1.807) is 4.52 Å². The van der Waals surface area contributed by atoms with Gasteiger partial charge >= 0.3 is 0 Å². The number of nitrogens with two attached hydrogens (primary N) is 1. The van der Waals surface area contributed by atoms with Crippen LogP contribution in [0.5, 0.6) is 0 Å². The summed E-state index contributed by atoms with van der Waals surface area (Å²) in [7, 11) is 0. The Kier molecular flexibility index (Phi) is 1.81. The van der Waals surface area contributed by atoms with Gasteiger partial charge in [-0.15, -0.1) is 0 Å². The minimum Gasteiger partial charge on any atom is -0.382 e. The molecule has 0 amide bonds. The molecule has 68 valence electrons. The molecule has 0 saturated heterocycles. The van der Waals surface area contributed by atoms with Crippen molar-refractivity contribution in [2.45, 2.75) is 13.3 Å². The predicted octanol–water partition coefficient (Wildman–Crippen LogP) is 0.922. The zero-order valence-electron chi connectivity index (χ0n) is 7.03. The molecule has 0 bridgehead atoms. The van der Waals surface area contributed by atoms with Crippen LogP contribution in [0.1, 0.15) is 12.7 Å². The number of aryl methyl sites for hydroxylation is 1. The van der Waals surface area contributed by atoms with Gasteiger partial charge in [0, 0.05) is 6.42 Å². The number of nitrogens with zero attached hydrogens (tertiary/aromatic N) is 4. The van der Waals surface area contributed by atoms with E-state index >= 15 is 0 Å². The van der Waals surface area contributed by atoms with Crippen molar-refractivity contribution in [2.24, 2.45) is 0 Å². The zero-order chi connectivity index (χ0) is 9.42. The maximum Gasteiger partial charge on any atom is 0.160 e. The van der Waals surface area contributed by atoms with Crippen molar-refractivity contribution < 1.29 is 0 Å². The Bertz CT molecular complexity index is 449. The minimum atomic E-state index is 0.333. The summed E-state index contributed by atoms with van der Waals surface area (Å²) >= 11 is 5.84. The Hall–Kier alpha value is -1.36. The Morgan fingerprint density at radius 3 is 3.08 bits per heavy atom. The summed E-state index contributed by atoms with van der Waals surface area (Å²) in [5.41, 5.74) is 6.24. The predicted molar refractivity (Wildman–Crippen MR) is 49.6 cm³/mol. The fourth-order valence-electron chi connectivity index (χ4n) is 1.21. The van der Waals surface area contributed by atoms with E-state index in [2.05, 4.69) is 15.1 Å². The summed E-state index contributed by atoms with van der Waals surface area (Å²) in [6, 6.07) is 0. The number of imidazole rings is 1. The maximum atomic E-state index is 5.84.